The molecule has 0 aliphatic carbocycles. The zero-order valence-electron chi connectivity index (χ0n) is 15.5. The molecule has 0 aromatic carbocycles. The van der Waals surface area contributed by atoms with E-state index in [1.165, 1.54) is 4.90 Å². The molecular formula is C16H26F3N5O3. The second-order valence-electron chi connectivity index (χ2n) is 6.76. The van der Waals surface area contributed by atoms with Gasteiger partial charge in [-0.25, -0.2) is 4.79 Å². The molecule has 1 unspecified atom stereocenters. The third-order valence-electron chi connectivity index (χ3n) is 5.22. The van der Waals surface area contributed by atoms with Crippen molar-refractivity contribution in [2.45, 2.75) is 44.4 Å². The van der Waals surface area contributed by atoms with E-state index in [4.69, 9.17) is 0 Å². The highest BCUT2D eigenvalue weighted by atomic mass is 19.4. The summed E-state index contributed by atoms with van der Waals surface area (Å²) in [7, 11) is 0. The highest BCUT2D eigenvalue weighted by Crippen LogP contribution is 2.26. The van der Waals surface area contributed by atoms with Crippen LogP contribution in [0.2, 0.25) is 0 Å². The number of carbonyl (C=O) groups is 3. The van der Waals surface area contributed by atoms with Crippen molar-refractivity contribution < 1.29 is 27.6 Å². The molecule has 2 fully saturated rings. The number of hydrogen-bond acceptors (Lipinski definition) is 5. The van der Waals surface area contributed by atoms with E-state index in [0.717, 1.165) is 4.90 Å². The minimum Gasteiger partial charge on any atom is -0.353 e. The van der Waals surface area contributed by atoms with Crippen LogP contribution in [0.3, 0.4) is 0 Å². The SMILES string of the molecule is CCC1(CC)NC(=O)N(CC(=O)NCC(N2CCNCC2)C(F)(F)F)C1=O. The van der Waals surface area contributed by atoms with Crippen LogP contribution in [-0.4, -0.2) is 84.7 Å². The number of piperazine rings is 1. The number of halogens is 3. The van der Waals surface area contributed by atoms with Gasteiger partial charge in [0.25, 0.3) is 5.91 Å². The van der Waals surface area contributed by atoms with Crippen molar-refractivity contribution in [1.82, 2.24) is 25.8 Å². The van der Waals surface area contributed by atoms with E-state index in [9.17, 15) is 27.6 Å². The lowest BCUT2D eigenvalue weighted by Crippen LogP contribution is -2.58. The molecule has 4 amide bonds. The lowest BCUT2D eigenvalue weighted by molar-refractivity contribution is -0.184. The maximum atomic E-state index is 13.3. The highest BCUT2D eigenvalue weighted by molar-refractivity contribution is 6.08. The van der Waals surface area contributed by atoms with Gasteiger partial charge < -0.3 is 16.0 Å². The topological polar surface area (TPSA) is 93.8 Å². The zero-order chi connectivity index (χ0) is 20.2. The number of hydrogen-bond donors (Lipinski definition) is 3. The first kappa shape index (κ1) is 21.4. The first-order chi connectivity index (χ1) is 12.6. The molecule has 0 aromatic heterocycles. The Labute approximate surface area is 155 Å². The smallest absolute Gasteiger partial charge is 0.353 e. The zero-order valence-corrected chi connectivity index (χ0v) is 15.5. The molecule has 2 saturated heterocycles. The van der Waals surface area contributed by atoms with E-state index in [-0.39, 0.29) is 13.1 Å². The van der Waals surface area contributed by atoms with Gasteiger partial charge in [-0.05, 0) is 12.8 Å². The monoisotopic (exact) mass is 393 g/mol. The minimum absolute atomic E-state index is 0.225. The van der Waals surface area contributed by atoms with E-state index in [2.05, 4.69) is 16.0 Å². The molecule has 0 saturated carbocycles. The molecule has 1 atom stereocenters. The van der Waals surface area contributed by atoms with Crippen LogP contribution in [0.4, 0.5) is 18.0 Å². The Balaban J connectivity index is 1.96. The predicted molar refractivity (Wildman–Crippen MR) is 90.9 cm³/mol. The van der Waals surface area contributed by atoms with Crippen LogP contribution in [-0.2, 0) is 9.59 Å². The summed E-state index contributed by atoms with van der Waals surface area (Å²) in [5.41, 5.74) is -1.05. The van der Waals surface area contributed by atoms with Crippen molar-refractivity contribution in [2.75, 3.05) is 39.3 Å². The largest absolute Gasteiger partial charge is 0.405 e. The molecule has 0 bridgehead atoms. The second-order valence-corrected chi connectivity index (χ2v) is 6.76. The molecule has 2 heterocycles. The maximum Gasteiger partial charge on any atom is 0.405 e. The van der Waals surface area contributed by atoms with Crippen molar-refractivity contribution in [3.8, 4) is 0 Å². The Kier molecular flexibility index (Phi) is 6.68. The van der Waals surface area contributed by atoms with Crippen LogP contribution in [0.25, 0.3) is 0 Å². The van der Waals surface area contributed by atoms with E-state index in [1.807, 2.05) is 0 Å². The number of rotatable bonds is 7. The fourth-order valence-electron chi connectivity index (χ4n) is 3.40. The van der Waals surface area contributed by atoms with Gasteiger partial charge >= 0.3 is 12.2 Å². The quantitative estimate of drug-likeness (QED) is 0.532. The molecule has 2 aliphatic heterocycles. The molecule has 154 valence electrons. The van der Waals surface area contributed by atoms with Crippen LogP contribution in [0.15, 0.2) is 0 Å². The summed E-state index contributed by atoms with van der Waals surface area (Å²) in [6, 6.07) is -2.51. The Hall–Kier alpha value is -1.88. The fraction of sp³-hybridized carbons (Fsp3) is 0.812. The van der Waals surface area contributed by atoms with Crippen LogP contribution in [0.5, 0.6) is 0 Å². The number of nitrogens with zero attached hydrogens (tertiary/aromatic N) is 2. The Morgan fingerprint density at radius 3 is 2.30 bits per heavy atom. The van der Waals surface area contributed by atoms with Gasteiger partial charge in [0.15, 0.2) is 0 Å². The lowest BCUT2D eigenvalue weighted by atomic mass is 9.93. The van der Waals surface area contributed by atoms with Crippen molar-refractivity contribution in [2.24, 2.45) is 0 Å². The average molecular weight is 393 g/mol. The third kappa shape index (κ3) is 4.70. The highest BCUT2D eigenvalue weighted by Gasteiger charge is 2.49. The van der Waals surface area contributed by atoms with Gasteiger partial charge in [0.2, 0.25) is 5.91 Å². The Morgan fingerprint density at radius 2 is 1.81 bits per heavy atom. The van der Waals surface area contributed by atoms with Crippen LogP contribution < -0.4 is 16.0 Å². The van der Waals surface area contributed by atoms with Gasteiger partial charge in [0.1, 0.15) is 18.1 Å². The van der Waals surface area contributed by atoms with Crippen LogP contribution in [0.1, 0.15) is 26.7 Å². The van der Waals surface area contributed by atoms with Crippen molar-refractivity contribution >= 4 is 17.8 Å². The molecule has 27 heavy (non-hydrogen) atoms. The predicted octanol–water partition coefficient (Wildman–Crippen LogP) is 0.0493. The number of urea groups is 1. The summed E-state index contributed by atoms with van der Waals surface area (Å²) in [6.45, 7) is 3.60. The van der Waals surface area contributed by atoms with Crippen molar-refractivity contribution in [1.29, 1.82) is 0 Å². The fourth-order valence-corrected chi connectivity index (χ4v) is 3.40. The maximum absolute atomic E-state index is 13.3. The van der Waals surface area contributed by atoms with Crippen LogP contribution in [0, 0.1) is 0 Å². The molecule has 2 rings (SSSR count). The summed E-state index contributed by atoms with van der Waals surface area (Å²) in [5, 5.41) is 7.78. The molecule has 2 aliphatic rings. The van der Waals surface area contributed by atoms with Gasteiger partial charge in [-0.3, -0.25) is 19.4 Å². The van der Waals surface area contributed by atoms with Gasteiger partial charge in [-0.2, -0.15) is 13.2 Å². The molecule has 8 nitrogen and oxygen atoms in total. The van der Waals surface area contributed by atoms with Crippen LogP contribution >= 0.6 is 0 Å². The number of alkyl halides is 3. The summed E-state index contributed by atoms with van der Waals surface area (Å²) in [4.78, 5) is 38.6. The number of amides is 4. The van der Waals surface area contributed by atoms with Gasteiger partial charge in [0.05, 0.1) is 0 Å². The molecule has 0 aromatic rings. The average Bonchev–Trinajstić information content (AvgIpc) is 2.86. The standard InChI is InChI=1S/C16H26F3N5O3/c1-3-15(4-2)13(26)24(14(27)22-15)10-12(25)21-9-11(16(17,18)19)23-7-5-20-6-8-23/h11,20H,3-10H2,1-2H3,(H,21,25)(H,22,27). The van der Waals surface area contributed by atoms with E-state index in [0.29, 0.717) is 25.9 Å². The van der Waals surface area contributed by atoms with Crippen molar-refractivity contribution in [3.63, 3.8) is 0 Å². The first-order valence-corrected chi connectivity index (χ1v) is 9.07. The van der Waals surface area contributed by atoms with Gasteiger partial charge in [0, 0.05) is 32.7 Å². The lowest BCUT2D eigenvalue weighted by Gasteiger charge is -2.36. The van der Waals surface area contributed by atoms with Crippen molar-refractivity contribution in [3.05, 3.63) is 0 Å². The summed E-state index contributed by atoms with van der Waals surface area (Å²) >= 11 is 0. The summed E-state index contributed by atoms with van der Waals surface area (Å²) in [6.07, 6.45) is -3.76. The molecule has 0 spiro atoms. The van der Waals surface area contributed by atoms with Gasteiger partial charge in [-0.15, -0.1) is 0 Å². The molecule has 11 heteroatoms. The first-order valence-electron chi connectivity index (χ1n) is 9.07. The van der Waals surface area contributed by atoms with Gasteiger partial charge in [-0.1, -0.05) is 13.8 Å². The third-order valence-corrected chi connectivity index (χ3v) is 5.22. The normalized spacial score (nSPS) is 21.9. The second kappa shape index (κ2) is 8.42. The van der Waals surface area contributed by atoms with E-state index in [1.54, 1.807) is 13.8 Å². The number of nitrogens with one attached hydrogen (secondary N) is 3. The Bertz CT molecular complexity index is 574. The minimum atomic E-state index is -4.50. The molecule has 3 N–H and O–H groups in total. The summed E-state index contributed by atoms with van der Waals surface area (Å²) < 4.78 is 40.0. The van der Waals surface area contributed by atoms with E-state index < -0.39 is 48.7 Å². The van der Waals surface area contributed by atoms with E-state index >= 15 is 0 Å². The number of carbonyl (C=O) groups excluding carboxylic acids is 3. The Morgan fingerprint density at radius 1 is 1.22 bits per heavy atom. The summed E-state index contributed by atoms with van der Waals surface area (Å²) in [5.74, 6) is -1.33. The molecular weight excluding hydrogens is 367 g/mol. The number of imide groups is 1. The molecule has 0 radical (unpaired) electrons.